The summed E-state index contributed by atoms with van der Waals surface area (Å²) in [5, 5.41) is 8.64. The highest BCUT2D eigenvalue weighted by Gasteiger charge is 2.21. The van der Waals surface area contributed by atoms with Gasteiger partial charge in [0.15, 0.2) is 6.10 Å². The molecule has 0 aromatic carbocycles. The molecule has 0 aliphatic carbocycles. The summed E-state index contributed by atoms with van der Waals surface area (Å²) in [5.41, 5.74) is 0. The molecule has 0 aromatic rings. The van der Waals surface area contributed by atoms with Crippen LogP contribution in [0.2, 0.25) is 0 Å². The van der Waals surface area contributed by atoms with Crippen LogP contribution in [0.4, 0.5) is 0 Å². The van der Waals surface area contributed by atoms with Gasteiger partial charge in [-0.15, -0.1) is 0 Å². The highest BCUT2D eigenvalue weighted by molar-refractivity contribution is 5.78. The van der Waals surface area contributed by atoms with E-state index in [2.05, 4.69) is 9.47 Å². The Morgan fingerprint density at radius 2 is 1.93 bits per heavy atom. The van der Waals surface area contributed by atoms with Crippen LogP contribution in [0.5, 0.6) is 0 Å². The van der Waals surface area contributed by atoms with Crippen molar-refractivity contribution >= 4 is 17.9 Å². The molecule has 0 fully saturated rings. The molecule has 1 atom stereocenters. The Morgan fingerprint density at radius 3 is 2.33 bits per heavy atom. The van der Waals surface area contributed by atoms with Crippen molar-refractivity contribution in [3.8, 4) is 0 Å². The molecule has 15 heavy (non-hydrogen) atoms. The molecule has 86 valence electrons. The van der Waals surface area contributed by atoms with E-state index >= 15 is 0 Å². The average Bonchev–Trinajstić information content (AvgIpc) is 2.11. The molecule has 0 saturated heterocycles. The summed E-state index contributed by atoms with van der Waals surface area (Å²) in [6.07, 6.45) is -1.45. The van der Waals surface area contributed by atoms with Gasteiger partial charge in [0.05, 0.1) is 6.61 Å². The number of hydrogen-bond donors (Lipinski definition) is 1. The first-order valence-electron chi connectivity index (χ1n) is 4.53. The maximum atomic E-state index is 10.9. The number of carbonyl (C=O) groups excluding carboxylic acids is 2. The van der Waals surface area contributed by atoms with E-state index in [9.17, 15) is 14.4 Å². The lowest BCUT2D eigenvalue weighted by atomic mass is 10.2. The van der Waals surface area contributed by atoms with E-state index in [1.54, 1.807) is 6.92 Å². The van der Waals surface area contributed by atoms with E-state index in [0.717, 1.165) is 6.92 Å². The summed E-state index contributed by atoms with van der Waals surface area (Å²) in [6, 6.07) is 0. The van der Waals surface area contributed by atoms with Crippen molar-refractivity contribution < 1.29 is 29.0 Å². The Bertz CT molecular complexity index is 247. The Hall–Kier alpha value is -1.59. The van der Waals surface area contributed by atoms with Crippen molar-refractivity contribution in [2.24, 2.45) is 0 Å². The molecule has 0 saturated carbocycles. The van der Waals surface area contributed by atoms with Crippen LogP contribution in [-0.2, 0) is 23.9 Å². The minimum absolute atomic E-state index is 0.0756. The molecular weight excluding hydrogens is 204 g/mol. The van der Waals surface area contributed by atoms with Crippen molar-refractivity contribution in [1.29, 1.82) is 0 Å². The molecule has 0 aliphatic rings. The smallest absolute Gasteiger partial charge is 0.345 e. The number of carboxylic acids is 1. The molecule has 0 unspecified atom stereocenters. The minimum Gasteiger partial charge on any atom is -0.479 e. The fraction of sp³-hybridized carbons (Fsp3) is 0.667. The summed E-state index contributed by atoms with van der Waals surface area (Å²) >= 11 is 0. The van der Waals surface area contributed by atoms with Crippen LogP contribution in [0.3, 0.4) is 0 Å². The number of carbonyl (C=O) groups is 3. The van der Waals surface area contributed by atoms with Crippen LogP contribution in [0.15, 0.2) is 0 Å². The van der Waals surface area contributed by atoms with Crippen molar-refractivity contribution in [2.75, 3.05) is 6.61 Å². The van der Waals surface area contributed by atoms with Gasteiger partial charge in [-0.1, -0.05) is 0 Å². The van der Waals surface area contributed by atoms with Crippen molar-refractivity contribution in [3.05, 3.63) is 0 Å². The molecule has 0 amide bonds. The maximum absolute atomic E-state index is 10.9. The molecule has 1 N–H and O–H groups in total. The second-order valence-corrected chi connectivity index (χ2v) is 2.78. The predicted octanol–water partition coefficient (Wildman–Crippen LogP) is 0.346. The van der Waals surface area contributed by atoms with Crippen LogP contribution in [0, 0.1) is 0 Å². The average molecular weight is 218 g/mol. The Balaban J connectivity index is 4.01. The first-order valence-corrected chi connectivity index (χ1v) is 4.53. The molecular formula is C9H14O6. The first-order chi connectivity index (χ1) is 6.97. The van der Waals surface area contributed by atoms with Gasteiger partial charge >= 0.3 is 17.9 Å². The predicted molar refractivity (Wildman–Crippen MR) is 49.1 cm³/mol. The lowest BCUT2D eigenvalue weighted by molar-refractivity contribution is -0.164. The van der Waals surface area contributed by atoms with Crippen LogP contribution in [0.1, 0.15) is 26.7 Å². The third-order valence-electron chi connectivity index (χ3n) is 1.50. The lowest BCUT2D eigenvalue weighted by Crippen LogP contribution is -2.27. The van der Waals surface area contributed by atoms with Gasteiger partial charge in [-0.25, -0.2) is 4.79 Å². The van der Waals surface area contributed by atoms with Crippen molar-refractivity contribution in [3.63, 3.8) is 0 Å². The Morgan fingerprint density at radius 1 is 1.33 bits per heavy atom. The van der Waals surface area contributed by atoms with E-state index in [1.165, 1.54) is 0 Å². The van der Waals surface area contributed by atoms with E-state index in [1.807, 2.05) is 0 Å². The topological polar surface area (TPSA) is 89.9 Å². The third kappa shape index (κ3) is 6.48. The van der Waals surface area contributed by atoms with Gasteiger partial charge in [-0.2, -0.15) is 0 Å². The molecule has 0 rings (SSSR count). The fourth-order valence-electron chi connectivity index (χ4n) is 0.915. The molecule has 0 radical (unpaired) electrons. The van der Waals surface area contributed by atoms with E-state index in [-0.39, 0.29) is 19.4 Å². The van der Waals surface area contributed by atoms with Crippen LogP contribution in [-0.4, -0.2) is 35.7 Å². The number of ether oxygens (including phenoxy) is 2. The second-order valence-electron chi connectivity index (χ2n) is 2.78. The number of hydrogen-bond acceptors (Lipinski definition) is 5. The fourth-order valence-corrected chi connectivity index (χ4v) is 0.915. The van der Waals surface area contributed by atoms with Crippen molar-refractivity contribution in [1.82, 2.24) is 0 Å². The quantitative estimate of drug-likeness (QED) is 0.647. The van der Waals surface area contributed by atoms with Gasteiger partial charge in [-0.05, 0) is 6.92 Å². The number of aliphatic carboxylic acids is 1. The third-order valence-corrected chi connectivity index (χ3v) is 1.50. The molecule has 6 nitrogen and oxygen atoms in total. The molecule has 0 heterocycles. The van der Waals surface area contributed by atoms with Gasteiger partial charge in [0, 0.05) is 19.8 Å². The SMILES string of the molecule is CCOC(=O)CC[C@@H](OC(C)=O)C(=O)O. The number of carboxylic acid groups (broad SMARTS) is 1. The van der Waals surface area contributed by atoms with Crippen molar-refractivity contribution in [2.45, 2.75) is 32.8 Å². The zero-order chi connectivity index (χ0) is 11.8. The summed E-state index contributed by atoms with van der Waals surface area (Å²) in [7, 11) is 0. The minimum atomic E-state index is -1.29. The summed E-state index contributed by atoms with van der Waals surface area (Å²) in [5.74, 6) is -2.46. The van der Waals surface area contributed by atoms with Gasteiger partial charge in [0.1, 0.15) is 0 Å². The molecule has 6 heteroatoms. The Kier molecular flexibility index (Phi) is 6.08. The van der Waals surface area contributed by atoms with E-state index in [4.69, 9.17) is 5.11 Å². The van der Waals surface area contributed by atoms with E-state index < -0.39 is 24.0 Å². The highest BCUT2D eigenvalue weighted by Crippen LogP contribution is 2.04. The lowest BCUT2D eigenvalue weighted by Gasteiger charge is -2.11. The van der Waals surface area contributed by atoms with E-state index in [0.29, 0.717) is 0 Å². The van der Waals surface area contributed by atoms with Gasteiger partial charge in [0.25, 0.3) is 0 Å². The first kappa shape index (κ1) is 13.4. The van der Waals surface area contributed by atoms with Crippen LogP contribution in [0.25, 0.3) is 0 Å². The van der Waals surface area contributed by atoms with Gasteiger partial charge in [-0.3, -0.25) is 9.59 Å². The number of esters is 2. The zero-order valence-corrected chi connectivity index (χ0v) is 8.69. The number of rotatable bonds is 6. The standard InChI is InChI=1S/C9H14O6/c1-3-14-8(11)5-4-7(9(12)13)15-6(2)10/h7H,3-5H2,1-2H3,(H,12,13)/t7-/m1/s1. The normalized spacial score (nSPS) is 11.6. The summed E-state index contributed by atoms with van der Waals surface area (Å²) in [4.78, 5) is 32.0. The zero-order valence-electron chi connectivity index (χ0n) is 8.69. The van der Waals surface area contributed by atoms with Gasteiger partial charge < -0.3 is 14.6 Å². The molecule has 0 aliphatic heterocycles. The summed E-state index contributed by atoms with van der Waals surface area (Å²) < 4.78 is 9.10. The molecule has 0 bridgehead atoms. The molecule has 0 spiro atoms. The molecule has 0 aromatic heterocycles. The monoisotopic (exact) mass is 218 g/mol. The van der Waals surface area contributed by atoms with Gasteiger partial charge in [0.2, 0.25) is 0 Å². The maximum Gasteiger partial charge on any atom is 0.345 e. The highest BCUT2D eigenvalue weighted by atomic mass is 16.6. The largest absolute Gasteiger partial charge is 0.479 e. The Labute approximate surface area is 87.2 Å². The van der Waals surface area contributed by atoms with Crippen LogP contribution >= 0.6 is 0 Å². The summed E-state index contributed by atoms with van der Waals surface area (Å²) in [6.45, 7) is 3.00. The van der Waals surface area contributed by atoms with Crippen LogP contribution < -0.4 is 0 Å². The second kappa shape index (κ2) is 6.80.